The van der Waals surface area contributed by atoms with E-state index < -0.39 is 10.9 Å². The zero-order valence-corrected chi connectivity index (χ0v) is 12.6. The third-order valence-electron chi connectivity index (χ3n) is 2.87. The summed E-state index contributed by atoms with van der Waals surface area (Å²) in [4.78, 5) is 24.6. The maximum atomic E-state index is 10.9. The quantitative estimate of drug-likeness (QED) is 0.554. The summed E-state index contributed by atoms with van der Waals surface area (Å²) >= 11 is 3.23. The first-order valence-corrected chi connectivity index (χ1v) is 6.94. The molecule has 7 nitrogen and oxygen atoms in total. The van der Waals surface area contributed by atoms with Crippen LogP contribution in [0.2, 0.25) is 0 Å². The highest BCUT2D eigenvalue weighted by Crippen LogP contribution is 2.31. The van der Waals surface area contributed by atoms with E-state index >= 15 is 0 Å². The van der Waals surface area contributed by atoms with Crippen LogP contribution in [0.25, 0.3) is 0 Å². The van der Waals surface area contributed by atoms with Crippen molar-refractivity contribution >= 4 is 33.3 Å². The van der Waals surface area contributed by atoms with Crippen LogP contribution in [-0.2, 0) is 4.79 Å². The number of nitro groups is 1. The Morgan fingerprint density at radius 1 is 1.55 bits per heavy atom. The second-order valence-corrected chi connectivity index (χ2v) is 5.38. The van der Waals surface area contributed by atoms with Crippen LogP contribution in [0.4, 0.5) is 11.4 Å². The van der Waals surface area contributed by atoms with Crippen LogP contribution in [0.1, 0.15) is 26.2 Å². The maximum Gasteiger partial charge on any atom is 0.311 e. The van der Waals surface area contributed by atoms with Gasteiger partial charge >= 0.3 is 11.7 Å². The first-order valence-electron chi connectivity index (χ1n) is 6.15. The number of aromatic nitrogens is 1. The molecular weight excluding hydrogens is 330 g/mol. The molecule has 1 rings (SSSR count). The van der Waals surface area contributed by atoms with Gasteiger partial charge < -0.3 is 10.4 Å². The second kappa shape index (κ2) is 7.78. The molecule has 20 heavy (non-hydrogen) atoms. The van der Waals surface area contributed by atoms with Crippen molar-refractivity contribution in [2.45, 2.75) is 26.2 Å². The van der Waals surface area contributed by atoms with E-state index in [2.05, 4.69) is 26.2 Å². The topological polar surface area (TPSA) is 105 Å². The second-order valence-electron chi connectivity index (χ2n) is 4.53. The highest BCUT2D eigenvalue weighted by molar-refractivity contribution is 9.10. The lowest BCUT2D eigenvalue weighted by Crippen LogP contribution is -2.10. The Labute approximate surface area is 124 Å². The highest BCUT2D eigenvalue weighted by Gasteiger charge is 2.17. The standard InChI is InChI=1S/C12H16BrN3O4/c1-8(2-3-11(17)18)4-5-15-12-9(13)6-14-7-10(12)16(19)20/h6-8H,2-5H2,1H3,(H,14,15)(H,17,18). The Morgan fingerprint density at radius 3 is 2.85 bits per heavy atom. The average molecular weight is 346 g/mol. The van der Waals surface area contributed by atoms with Gasteiger partial charge in [0, 0.05) is 19.2 Å². The summed E-state index contributed by atoms with van der Waals surface area (Å²) in [6, 6.07) is 0. The van der Waals surface area contributed by atoms with Gasteiger partial charge in [0.15, 0.2) is 0 Å². The zero-order valence-electron chi connectivity index (χ0n) is 11.0. The molecule has 0 aliphatic heterocycles. The number of nitrogens with zero attached hydrogens (tertiary/aromatic N) is 2. The molecule has 0 amide bonds. The molecule has 2 N–H and O–H groups in total. The normalized spacial score (nSPS) is 11.9. The Hall–Kier alpha value is -1.70. The van der Waals surface area contributed by atoms with Crippen molar-refractivity contribution in [3.63, 3.8) is 0 Å². The largest absolute Gasteiger partial charge is 0.481 e. The molecule has 0 aromatic carbocycles. The number of hydrogen-bond donors (Lipinski definition) is 2. The van der Waals surface area contributed by atoms with E-state index in [9.17, 15) is 14.9 Å². The number of rotatable bonds is 8. The van der Waals surface area contributed by atoms with Gasteiger partial charge in [-0.05, 0) is 34.7 Å². The van der Waals surface area contributed by atoms with Gasteiger partial charge in [0.05, 0.1) is 9.40 Å². The van der Waals surface area contributed by atoms with Crippen molar-refractivity contribution in [1.82, 2.24) is 4.98 Å². The Morgan fingerprint density at radius 2 is 2.25 bits per heavy atom. The number of nitrogens with one attached hydrogen (secondary N) is 1. The lowest BCUT2D eigenvalue weighted by molar-refractivity contribution is -0.384. The van der Waals surface area contributed by atoms with Gasteiger partial charge in [0.2, 0.25) is 0 Å². The van der Waals surface area contributed by atoms with Gasteiger partial charge in [0.1, 0.15) is 11.9 Å². The third-order valence-corrected chi connectivity index (χ3v) is 3.47. The molecule has 1 aromatic rings. The average Bonchev–Trinajstić information content (AvgIpc) is 2.37. The maximum absolute atomic E-state index is 10.9. The van der Waals surface area contributed by atoms with Gasteiger partial charge in [-0.15, -0.1) is 0 Å². The molecule has 8 heteroatoms. The van der Waals surface area contributed by atoms with E-state index in [1.54, 1.807) is 0 Å². The SMILES string of the molecule is CC(CCNc1c(Br)cncc1[N+](=O)[O-])CCC(=O)O. The Bertz CT molecular complexity index is 496. The minimum atomic E-state index is -0.808. The molecule has 0 saturated carbocycles. The monoisotopic (exact) mass is 345 g/mol. The first kappa shape index (κ1) is 16.4. The lowest BCUT2D eigenvalue weighted by Gasteiger charge is -2.12. The lowest BCUT2D eigenvalue weighted by atomic mass is 10.0. The summed E-state index contributed by atoms with van der Waals surface area (Å²) in [6.45, 7) is 2.49. The van der Waals surface area contributed by atoms with Crippen molar-refractivity contribution in [2.75, 3.05) is 11.9 Å². The van der Waals surface area contributed by atoms with Crippen LogP contribution in [0.3, 0.4) is 0 Å². The van der Waals surface area contributed by atoms with E-state index in [-0.39, 0.29) is 18.0 Å². The summed E-state index contributed by atoms with van der Waals surface area (Å²) < 4.78 is 0.532. The third kappa shape index (κ3) is 5.12. The van der Waals surface area contributed by atoms with Gasteiger partial charge in [-0.1, -0.05) is 6.92 Å². The number of anilines is 1. The summed E-state index contributed by atoms with van der Waals surface area (Å²) in [5.41, 5.74) is 0.313. The molecule has 0 bridgehead atoms. The fourth-order valence-corrected chi connectivity index (χ4v) is 2.16. The number of halogens is 1. The fourth-order valence-electron chi connectivity index (χ4n) is 1.70. The van der Waals surface area contributed by atoms with Crippen LogP contribution < -0.4 is 5.32 Å². The van der Waals surface area contributed by atoms with Crippen LogP contribution in [-0.4, -0.2) is 27.5 Å². The van der Waals surface area contributed by atoms with Crippen LogP contribution >= 0.6 is 15.9 Å². The fraction of sp³-hybridized carbons (Fsp3) is 0.500. The highest BCUT2D eigenvalue weighted by atomic mass is 79.9. The number of carboxylic acids is 1. The van der Waals surface area contributed by atoms with E-state index in [1.807, 2.05) is 6.92 Å². The van der Waals surface area contributed by atoms with Gasteiger partial charge in [0.25, 0.3) is 0 Å². The molecule has 0 radical (unpaired) electrons. The molecule has 0 aliphatic carbocycles. The summed E-state index contributed by atoms with van der Waals surface area (Å²) in [5, 5.41) is 22.5. The van der Waals surface area contributed by atoms with Gasteiger partial charge in [-0.2, -0.15) is 0 Å². The summed E-state index contributed by atoms with van der Waals surface area (Å²) in [6.07, 6.45) is 4.15. The molecule has 1 atom stereocenters. The Kier molecular flexibility index (Phi) is 6.37. The van der Waals surface area contributed by atoms with Crippen LogP contribution in [0.5, 0.6) is 0 Å². The minimum Gasteiger partial charge on any atom is -0.481 e. The molecular formula is C12H16BrN3O4. The van der Waals surface area contributed by atoms with Gasteiger partial charge in [-0.25, -0.2) is 0 Å². The molecule has 1 aromatic heterocycles. The summed E-state index contributed by atoms with van der Waals surface area (Å²) in [5.74, 6) is -0.574. The molecule has 110 valence electrons. The smallest absolute Gasteiger partial charge is 0.311 e. The Balaban J connectivity index is 2.54. The number of hydrogen-bond acceptors (Lipinski definition) is 5. The molecule has 1 unspecified atom stereocenters. The summed E-state index contributed by atoms with van der Waals surface area (Å²) in [7, 11) is 0. The van der Waals surface area contributed by atoms with Gasteiger partial charge in [-0.3, -0.25) is 19.9 Å². The van der Waals surface area contributed by atoms with E-state index in [1.165, 1.54) is 12.4 Å². The predicted molar refractivity (Wildman–Crippen MR) is 77.7 cm³/mol. The minimum absolute atomic E-state index is 0.0856. The van der Waals surface area contributed by atoms with E-state index in [0.717, 1.165) is 6.42 Å². The first-order chi connectivity index (χ1) is 9.41. The number of carboxylic acid groups (broad SMARTS) is 1. The van der Waals surface area contributed by atoms with Crippen LogP contribution in [0.15, 0.2) is 16.9 Å². The van der Waals surface area contributed by atoms with Crippen molar-refractivity contribution < 1.29 is 14.8 Å². The molecule has 0 spiro atoms. The molecule has 0 fully saturated rings. The number of aliphatic carboxylic acids is 1. The van der Waals surface area contributed by atoms with Crippen LogP contribution in [0, 0.1) is 16.0 Å². The number of pyridine rings is 1. The van der Waals surface area contributed by atoms with Crippen molar-refractivity contribution in [3.05, 3.63) is 27.0 Å². The van der Waals surface area contributed by atoms with Crippen molar-refractivity contribution in [1.29, 1.82) is 0 Å². The van der Waals surface area contributed by atoms with E-state index in [0.29, 0.717) is 23.1 Å². The predicted octanol–water partition coefficient (Wildman–Crippen LogP) is 3.06. The molecule has 1 heterocycles. The van der Waals surface area contributed by atoms with E-state index in [4.69, 9.17) is 5.11 Å². The van der Waals surface area contributed by atoms with Crippen molar-refractivity contribution in [3.8, 4) is 0 Å². The number of carbonyl (C=O) groups is 1. The zero-order chi connectivity index (χ0) is 15.1. The molecule has 0 saturated heterocycles. The molecule has 0 aliphatic rings. The van der Waals surface area contributed by atoms with Crippen molar-refractivity contribution in [2.24, 2.45) is 5.92 Å².